The molecule has 0 bridgehead atoms. The van der Waals surface area contributed by atoms with Gasteiger partial charge >= 0.3 is 5.97 Å². The third-order valence-corrected chi connectivity index (χ3v) is 7.67. The van der Waals surface area contributed by atoms with Gasteiger partial charge in [-0.1, -0.05) is 6.07 Å². The first-order chi connectivity index (χ1) is 13.6. The van der Waals surface area contributed by atoms with Crippen molar-refractivity contribution in [2.75, 3.05) is 34.4 Å². The van der Waals surface area contributed by atoms with E-state index in [0.29, 0.717) is 12.5 Å². The summed E-state index contributed by atoms with van der Waals surface area (Å²) in [6.45, 7) is 2.16. The Balaban J connectivity index is 1.68. The van der Waals surface area contributed by atoms with Crippen LogP contribution in [0, 0.1) is 5.41 Å². The van der Waals surface area contributed by atoms with E-state index >= 15 is 0 Å². The maximum absolute atomic E-state index is 12.4. The number of nitrogens with zero attached hydrogens (tertiary/aromatic N) is 2. The standard InChI is InChI=1S/C22H28N2O4/c1-26-15-6-5-14-18(19(15)28-3)23-16-7-9-21(13-17(25)27-2)8-4-11-24-12-10-22(14,16)20(21)24/h5-6,20H,4,7-13H2,1-3H3/t20-,21-,22-/m1/s1. The van der Waals surface area contributed by atoms with E-state index in [0.717, 1.165) is 62.4 Å². The van der Waals surface area contributed by atoms with Gasteiger partial charge in [-0.3, -0.25) is 14.7 Å². The van der Waals surface area contributed by atoms with Crippen molar-refractivity contribution in [3.8, 4) is 11.5 Å². The zero-order valence-electron chi connectivity index (χ0n) is 16.9. The lowest BCUT2D eigenvalue weighted by Gasteiger charge is -2.56. The van der Waals surface area contributed by atoms with E-state index in [1.54, 1.807) is 14.2 Å². The van der Waals surface area contributed by atoms with E-state index in [1.807, 2.05) is 6.07 Å². The molecule has 0 unspecified atom stereocenters. The highest BCUT2D eigenvalue weighted by Gasteiger charge is 2.66. The number of rotatable bonds is 4. The average Bonchev–Trinajstić information content (AvgIpc) is 3.27. The molecule has 3 atom stereocenters. The maximum Gasteiger partial charge on any atom is 0.306 e. The molecular formula is C22H28N2O4. The van der Waals surface area contributed by atoms with E-state index in [4.69, 9.17) is 19.2 Å². The van der Waals surface area contributed by atoms with Gasteiger partial charge in [0.05, 0.1) is 33.2 Å². The van der Waals surface area contributed by atoms with Gasteiger partial charge in [-0.2, -0.15) is 0 Å². The van der Waals surface area contributed by atoms with E-state index in [-0.39, 0.29) is 16.8 Å². The SMILES string of the molecule is COC(=O)C[C@@]12CCCN3CC[C@@]4(C(=Nc5c4ccc(OC)c5OC)CC1)[C@H]32. The minimum absolute atomic E-state index is 0.0321. The zero-order valence-corrected chi connectivity index (χ0v) is 16.9. The largest absolute Gasteiger partial charge is 0.493 e. The van der Waals surface area contributed by atoms with Crippen molar-refractivity contribution >= 4 is 17.4 Å². The molecule has 0 N–H and O–H groups in total. The molecule has 3 fully saturated rings. The quantitative estimate of drug-likeness (QED) is 0.746. The molecule has 1 spiro atoms. The van der Waals surface area contributed by atoms with Crippen molar-refractivity contribution in [1.82, 2.24) is 4.90 Å². The second-order valence-electron chi connectivity index (χ2n) is 8.63. The van der Waals surface area contributed by atoms with Crippen LogP contribution in [0.5, 0.6) is 11.5 Å². The molecule has 1 aromatic rings. The first kappa shape index (κ1) is 18.0. The molecule has 0 aromatic heterocycles. The zero-order chi connectivity index (χ0) is 19.5. The van der Waals surface area contributed by atoms with Crippen LogP contribution in [0.3, 0.4) is 0 Å². The molecule has 3 aliphatic heterocycles. The van der Waals surface area contributed by atoms with Gasteiger partial charge in [0.2, 0.25) is 0 Å². The summed E-state index contributed by atoms with van der Waals surface area (Å²) in [5.41, 5.74) is 3.31. The van der Waals surface area contributed by atoms with Gasteiger partial charge in [-0.15, -0.1) is 0 Å². The van der Waals surface area contributed by atoms with Crippen molar-refractivity contribution in [3.63, 3.8) is 0 Å². The summed E-state index contributed by atoms with van der Waals surface area (Å²) in [5, 5.41) is 0. The topological polar surface area (TPSA) is 60.4 Å². The Labute approximate surface area is 165 Å². The van der Waals surface area contributed by atoms with Crippen LogP contribution >= 0.6 is 0 Å². The van der Waals surface area contributed by atoms with E-state index < -0.39 is 0 Å². The molecule has 0 amide bonds. The molecule has 6 heteroatoms. The Bertz CT molecular complexity index is 866. The number of hydrogen-bond donors (Lipinski definition) is 0. The number of carbonyl (C=O) groups is 1. The molecule has 5 rings (SSSR count). The van der Waals surface area contributed by atoms with Gasteiger partial charge in [0.1, 0.15) is 5.69 Å². The van der Waals surface area contributed by atoms with Gasteiger partial charge in [0.15, 0.2) is 11.5 Å². The molecule has 4 aliphatic rings. The van der Waals surface area contributed by atoms with Crippen LogP contribution in [0.15, 0.2) is 17.1 Å². The van der Waals surface area contributed by atoms with Crippen LogP contribution in [-0.4, -0.2) is 57.0 Å². The molecule has 150 valence electrons. The first-order valence-electron chi connectivity index (χ1n) is 10.2. The lowest BCUT2D eigenvalue weighted by molar-refractivity contribution is -0.146. The number of ether oxygens (including phenoxy) is 3. The lowest BCUT2D eigenvalue weighted by Crippen LogP contribution is -2.62. The summed E-state index contributed by atoms with van der Waals surface area (Å²) in [4.78, 5) is 20.1. The Kier molecular flexibility index (Phi) is 3.99. The summed E-state index contributed by atoms with van der Waals surface area (Å²) >= 11 is 0. The number of fused-ring (bicyclic) bond motifs is 1. The molecule has 28 heavy (non-hydrogen) atoms. The Morgan fingerprint density at radius 1 is 1.18 bits per heavy atom. The van der Waals surface area contributed by atoms with Gasteiger partial charge in [0, 0.05) is 11.8 Å². The van der Waals surface area contributed by atoms with Crippen LogP contribution in [-0.2, 0) is 14.9 Å². The molecule has 1 saturated carbocycles. The average molecular weight is 384 g/mol. The Morgan fingerprint density at radius 3 is 2.79 bits per heavy atom. The van der Waals surface area contributed by atoms with Gasteiger partial charge in [0.25, 0.3) is 0 Å². The predicted octanol–water partition coefficient (Wildman–Crippen LogP) is 3.24. The van der Waals surface area contributed by atoms with E-state index in [2.05, 4.69) is 11.0 Å². The van der Waals surface area contributed by atoms with Crippen molar-refractivity contribution in [3.05, 3.63) is 17.7 Å². The smallest absolute Gasteiger partial charge is 0.306 e. The fourth-order valence-corrected chi connectivity index (χ4v) is 6.72. The molecule has 3 heterocycles. The minimum atomic E-state index is -0.110. The highest BCUT2D eigenvalue weighted by molar-refractivity contribution is 6.05. The third-order valence-electron chi connectivity index (χ3n) is 7.67. The van der Waals surface area contributed by atoms with Crippen molar-refractivity contribution < 1.29 is 19.0 Å². The van der Waals surface area contributed by atoms with E-state index in [9.17, 15) is 4.79 Å². The molecule has 0 radical (unpaired) electrons. The highest BCUT2D eigenvalue weighted by Crippen LogP contribution is 2.64. The van der Waals surface area contributed by atoms with Crippen LogP contribution in [0.2, 0.25) is 0 Å². The van der Waals surface area contributed by atoms with Gasteiger partial charge < -0.3 is 14.2 Å². The summed E-state index contributed by atoms with van der Waals surface area (Å²) < 4.78 is 16.3. The summed E-state index contributed by atoms with van der Waals surface area (Å²) in [6, 6.07) is 4.49. The van der Waals surface area contributed by atoms with Crippen LogP contribution in [0.1, 0.15) is 44.1 Å². The highest BCUT2D eigenvalue weighted by atomic mass is 16.5. The second kappa shape index (κ2) is 6.21. The second-order valence-corrected chi connectivity index (χ2v) is 8.63. The van der Waals surface area contributed by atoms with Gasteiger partial charge in [-0.25, -0.2) is 0 Å². The first-order valence-corrected chi connectivity index (χ1v) is 10.2. The summed E-state index contributed by atoms with van der Waals surface area (Å²) in [6.07, 6.45) is 5.72. The number of hydrogen-bond acceptors (Lipinski definition) is 6. The molecule has 2 saturated heterocycles. The number of esters is 1. The fourth-order valence-electron chi connectivity index (χ4n) is 6.72. The van der Waals surface area contributed by atoms with Crippen LogP contribution in [0.25, 0.3) is 0 Å². The Morgan fingerprint density at radius 2 is 2.04 bits per heavy atom. The van der Waals surface area contributed by atoms with Crippen molar-refractivity contribution in [1.29, 1.82) is 0 Å². The summed E-state index contributed by atoms with van der Waals surface area (Å²) in [7, 11) is 4.85. The van der Waals surface area contributed by atoms with Crippen LogP contribution < -0.4 is 9.47 Å². The van der Waals surface area contributed by atoms with Crippen molar-refractivity contribution in [2.24, 2.45) is 10.4 Å². The minimum Gasteiger partial charge on any atom is -0.493 e. The molecule has 1 aliphatic carbocycles. The number of benzene rings is 1. The number of aliphatic imine (C=N–C) groups is 1. The lowest BCUT2D eigenvalue weighted by atomic mass is 9.53. The van der Waals surface area contributed by atoms with E-state index in [1.165, 1.54) is 18.4 Å². The normalized spacial score (nSPS) is 32.8. The number of carbonyl (C=O) groups excluding carboxylic acids is 1. The Hall–Kier alpha value is -2.08. The number of methoxy groups -OCH3 is 3. The molecular weight excluding hydrogens is 356 g/mol. The third kappa shape index (κ3) is 2.12. The predicted molar refractivity (Wildman–Crippen MR) is 106 cm³/mol. The molecule has 1 aromatic carbocycles. The van der Waals surface area contributed by atoms with Crippen LogP contribution in [0.4, 0.5) is 5.69 Å². The number of piperidine rings is 1. The summed E-state index contributed by atoms with van der Waals surface area (Å²) in [5.74, 6) is 1.36. The van der Waals surface area contributed by atoms with Crippen molar-refractivity contribution in [2.45, 2.75) is 50.0 Å². The molecule has 6 nitrogen and oxygen atoms in total. The fraction of sp³-hybridized carbons (Fsp3) is 0.636. The van der Waals surface area contributed by atoms with Gasteiger partial charge in [-0.05, 0) is 62.2 Å². The monoisotopic (exact) mass is 384 g/mol. The maximum atomic E-state index is 12.4.